The first-order valence-electron chi connectivity index (χ1n) is 8.85. The van der Waals surface area contributed by atoms with Gasteiger partial charge in [-0.15, -0.1) is 0 Å². The predicted molar refractivity (Wildman–Crippen MR) is 96.2 cm³/mol. The summed E-state index contributed by atoms with van der Waals surface area (Å²) in [5.41, 5.74) is 1.58. The second kappa shape index (κ2) is 7.59. The number of carboxylic acid groups (broad SMARTS) is 1. The second-order valence-electron chi connectivity index (χ2n) is 6.80. The summed E-state index contributed by atoms with van der Waals surface area (Å²) in [5.74, 6) is -1.48. The van der Waals surface area contributed by atoms with Gasteiger partial charge >= 0.3 is 5.97 Å². The fourth-order valence-electron chi connectivity index (χ4n) is 3.59. The number of H-pyrrole nitrogens is 1. The molecule has 1 aromatic heterocycles. The Bertz CT molecular complexity index is 862. The van der Waals surface area contributed by atoms with Crippen molar-refractivity contribution in [1.29, 1.82) is 0 Å². The average Bonchev–Trinajstić information content (AvgIpc) is 3.23. The standard InChI is InChI=1S/C19H23N3O4/c1-12-6-2-5-9-14(12)15(11-18(24)25)20-19(26)16-10-17(23)22(21-16)13-7-3-4-8-13/h2,5-6,9-10,13,15,21H,3-4,7-8,11H2,1H3,(H,20,26)(H,24,25)/t15-/m0/s1. The average molecular weight is 357 g/mol. The minimum absolute atomic E-state index is 0.107. The van der Waals surface area contributed by atoms with Crippen LogP contribution in [0.1, 0.15) is 65.8 Å². The molecule has 1 atom stereocenters. The third kappa shape index (κ3) is 3.87. The van der Waals surface area contributed by atoms with Crippen molar-refractivity contribution < 1.29 is 14.7 Å². The number of aliphatic carboxylic acids is 1. The number of carboxylic acids is 1. The normalized spacial score (nSPS) is 15.7. The van der Waals surface area contributed by atoms with Crippen molar-refractivity contribution in [2.75, 3.05) is 0 Å². The highest BCUT2D eigenvalue weighted by Gasteiger charge is 2.24. The first-order valence-corrected chi connectivity index (χ1v) is 8.85. The highest BCUT2D eigenvalue weighted by molar-refractivity contribution is 5.92. The lowest BCUT2D eigenvalue weighted by molar-refractivity contribution is -0.137. The molecule has 3 N–H and O–H groups in total. The van der Waals surface area contributed by atoms with E-state index in [9.17, 15) is 19.5 Å². The van der Waals surface area contributed by atoms with Crippen LogP contribution in [0.15, 0.2) is 35.1 Å². The zero-order valence-electron chi connectivity index (χ0n) is 14.7. The molecule has 3 rings (SSSR count). The number of aromatic amines is 1. The predicted octanol–water partition coefficient (Wildman–Crippen LogP) is 2.55. The third-order valence-electron chi connectivity index (χ3n) is 4.93. The summed E-state index contributed by atoms with van der Waals surface area (Å²) in [7, 11) is 0. The second-order valence-corrected chi connectivity index (χ2v) is 6.80. The Labute approximate surface area is 151 Å². The maximum atomic E-state index is 12.6. The van der Waals surface area contributed by atoms with Gasteiger partial charge in [0.05, 0.1) is 18.5 Å². The molecule has 1 amide bonds. The Hall–Kier alpha value is -2.83. The molecule has 1 aromatic carbocycles. The fraction of sp³-hybridized carbons (Fsp3) is 0.421. The van der Waals surface area contributed by atoms with E-state index in [2.05, 4.69) is 10.4 Å². The Morgan fingerprint density at radius 3 is 2.65 bits per heavy atom. The molecule has 1 aliphatic carbocycles. The topological polar surface area (TPSA) is 104 Å². The number of nitrogens with one attached hydrogen (secondary N) is 2. The number of aromatic nitrogens is 2. The third-order valence-corrected chi connectivity index (χ3v) is 4.93. The lowest BCUT2D eigenvalue weighted by Crippen LogP contribution is -2.31. The summed E-state index contributed by atoms with van der Waals surface area (Å²) in [6, 6.07) is 8.06. The van der Waals surface area contributed by atoms with E-state index in [0.717, 1.165) is 36.8 Å². The molecule has 0 saturated heterocycles. The van der Waals surface area contributed by atoms with Gasteiger partial charge in [-0.3, -0.25) is 19.5 Å². The van der Waals surface area contributed by atoms with Gasteiger partial charge in [-0.2, -0.15) is 0 Å². The summed E-state index contributed by atoms with van der Waals surface area (Å²) in [6.45, 7) is 1.87. The largest absolute Gasteiger partial charge is 0.481 e. The van der Waals surface area contributed by atoms with Crippen LogP contribution in [0.3, 0.4) is 0 Å². The molecular weight excluding hydrogens is 334 g/mol. The van der Waals surface area contributed by atoms with Crippen molar-refractivity contribution in [2.24, 2.45) is 0 Å². The van der Waals surface area contributed by atoms with E-state index >= 15 is 0 Å². The van der Waals surface area contributed by atoms with Gasteiger partial charge in [0, 0.05) is 6.07 Å². The van der Waals surface area contributed by atoms with E-state index in [1.165, 1.54) is 10.7 Å². The van der Waals surface area contributed by atoms with Crippen molar-refractivity contribution >= 4 is 11.9 Å². The quantitative estimate of drug-likeness (QED) is 0.739. The van der Waals surface area contributed by atoms with Crippen LogP contribution in [0.4, 0.5) is 0 Å². The van der Waals surface area contributed by atoms with Crippen LogP contribution < -0.4 is 10.9 Å². The molecule has 1 fully saturated rings. The van der Waals surface area contributed by atoms with E-state index in [1.54, 1.807) is 6.07 Å². The molecule has 0 unspecified atom stereocenters. The van der Waals surface area contributed by atoms with Crippen molar-refractivity contribution in [3.8, 4) is 0 Å². The van der Waals surface area contributed by atoms with Crippen LogP contribution in [0, 0.1) is 6.92 Å². The number of hydrogen-bond acceptors (Lipinski definition) is 3. The van der Waals surface area contributed by atoms with E-state index < -0.39 is 17.9 Å². The van der Waals surface area contributed by atoms with Crippen molar-refractivity contribution in [2.45, 2.75) is 51.1 Å². The van der Waals surface area contributed by atoms with Gasteiger partial charge in [-0.05, 0) is 30.9 Å². The van der Waals surface area contributed by atoms with E-state index in [-0.39, 0.29) is 23.7 Å². The van der Waals surface area contributed by atoms with Crippen LogP contribution in [-0.2, 0) is 4.79 Å². The zero-order valence-corrected chi connectivity index (χ0v) is 14.7. The molecule has 0 bridgehead atoms. The smallest absolute Gasteiger partial charge is 0.305 e. The van der Waals surface area contributed by atoms with Crippen LogP contribution >= 0.6 is 0 Å². The van der Waals surface area contributed by atoms with Gasteiger partial charge in [0.1, 0.15) is 5.69 Å². The molecule has 138 valence electrons. The molecule has 1 aliphatic rings. The summed E-state index contributed by atoms with van der Waals surface area (Å²) in [6.07, 6.45) is 3.76. The zero-order chi connectivity index (χ0) is 18.7. The molecule has 1 heterocycles. The van der Waals surface area contributed by atoms with Crippen molar-refractivity contribution in [3.05, 3.63) is 57.5 Å². The molecular formula is C19H23N3O4. The first-order chi connectivity index (χ1) is 12.5. The maximum Gasteiger partial charge on any atom is 0.305 e. The molecule has 1 saturated carbocycles. The van der Waals surface area contributed by atoms with Crippen LogP contribution in [0.25, 0.3) is 0 Å². The van der Waals surface area contributed by atoms with Gasteiger partial charge in [-0.1, -0.05) is 37.1 Å². The highest BCUT2D eigenvalue weighted by atomic mass is 16.4. The molecule has 0 radical (unpaired) electrons. The number of carbonyl (C=O) groups is 2. The summed E-state index contributed by atoms with van der Waals surface area (Å²) in [4.78, 5) is 36.0. The van der Waals surface area contributed by atoms with E-state index in [1.807, 2.05) is 25.1 Å². The maximum absolute atomic E-state index is 12.6. The number of aryl methyl sites for hydroxylation is 1. The molecule has 7 nitrogen and oxygen atoms in total. The van der Waals surface area contributed by atoms with Crippen LogP contribution in [0.5, 0.6) is 0 Å². The molecule has 2 aromatic rings. The van der Waals surface area contributed by atoms with Gasteiger partial charge in [0.15, 0.2) is 0 Å². The Morgan fingerprint density at radius 2 is 2.00 bits per heavy atom. The van der Waals surface area contributed by atoms with E-state index in [4.69, 9.17) is 0 Å². The van der Waals surface area contributed by atoms with E-state index in [0.29, 0.717) is 0 Å². The van der Waals surface area contributed by atoms with Crippen LogP contribution in [0.2, 0.25) is 0 Å². The van der Waals surface area contributed by atoms with Gasteiger partial charge < -0.3 is 10.4 Å². The summed E-state index contributed by atoms with van der Waals surface area (Å²) in [5, 5.41) is 14.8. The number of benzene rings is 1. The molecule has 0 aliphatic heterocycles. The van der Waals surface area contributed by atoms with Crippen LogP contribution in [-0.4, -0.2) is 26.8 Å². The highest BCUT2D eigenvalue weighted by Crippen LogP contribution is 2.27. The van der Waals surface area contributed by atoms with Crippen molar-refractivity contribution in [3.63, 3.8) is 0 Å². The van der Waals surface area contributed by atoms with Crippen molar-refractivity contribution in [1.82, 2.24) is 15.1 Å². The number of carbonyl (C=O) groups excluding carboxylic acids is 1. The van der Waals surface area contributed by atoms with Gasteiger partial charge in [-0.25, -0.2) is 4.68 Å². The molecule has 26 heavy (non-hydrogen) atoms. The summed E-state index contributed by atoms with van der Waals surface area (Å²) < 4.78 is 1.52. The van der Waals surface area contributed by atoms with Gasteiger partial charge in [0.2, 0.25) is 0 Å². The minimum Gasteiger partial charge on any atom is -0.481 e. The Balaban J connectivity index is 1.82. The summed E-state index contributed by atoms with van der Waals surface area (Å²) >= 11 is 0. The monoisotopic (exact) mass is 357 g/mol. The lowest BCUT2D eigenvalue weighted by atomic mass is 9.98. The minimum atomic E-state index is -1.00. The number of hydrogen-bond donors (Lipinski definition) is 3. The van der Waals surface area contributed by atoms with Gasteiger partial charge in [0.25, 0.3) is 11.5 Å². The number of rotatable bonds is 6. The number of nitrogens with zero attached hydrogens (tertiary/aromatic N) is 1. The molecule has 7 heteroatoms. The first kappa shape index (κ1) is 18.0. The Morgan fingerprint density at radius 1 is 1.31 bits per heavy atom. The molecule has 0 spiro atoms. The SMILES string of the molecule is Cc1ccccc1[C@H](CC(=O)O)NC(=O)c1cc(=O)n(C2CCCC2)[nH]1. The fourth-order valence-corrected chi connectivity index (χ4v) is 3.59. The lowest BCUT2D eigenvalue weighted by Gasteiger charge is -2.19. The number of amides is 1. The Kier molecular flexibility index (Phi) is 5.25.